The highest BCUT2D eigenvalue weighted by atomic mass is 32.1. The van der Waals surface area contributed by atoms with Crippen molar-refractivity contribution in [3.8, 4) is 0 Å². The molecule has 1 unspecified atom stereocenters. The van der Waals surface area contributed by atoms with Gasteiger partial charge in [-0.05, 0) is 23.1 Å². The molecule has 0 fully saturated rings. The zero-order valence-electron chi connectivity index (χ0n) is 9.10. The Hall–Kier alpha value is -1.52. The third-order valence-corrected chi connectivity index (χ3v) is 3.47. The summed E-state index contributed by atoms with van der Waals surface area (Å²) >= 11 is 1.43. The van der Waals surface area contributed by atoms with Crippen LogP contribution in [0.15, 0.2) is 41.8 Å². The van der Waals surface area contributed by atoms with Gasteiger partial charge in [0.05, 0.1) is 6.04 Å². The highest BCUT2D eigenvalue weighted by molar-refractivity contribution is 7.10. The van der Waals surface area contributed by atoms with Gasteiger partial charge in [-0.15, -0.1) is 11.3 Å². The molecule has 0 saturated carbocycles. The van der Waals surface area contributed by atoms with Crippen molar-refractivity contribution in [3.05, 3.63) is 58.0 Å². The van der Waals surface area contributed by atoms with Crippen LogP contribution in [-0.4, -0.2) is 5.78 Å². The van der Waals surface area contributed by atoms with Gasteiger partial charge in [-0.1, -0.05) is 24.3 Å². The predicted molar refractivity (Wildman–Crippen MR) is 66.4 cm³/mol. The number of ketones is 1. The van der Waals surface area contributed by atoms with E-state index in [-0.39, 0.29) is 18.0 Å². The van der Waals surface area contributed by atoms with Crippen molar-refractivity contribution in [1.29, 1.82) is 0 Å². The first kappa shape index (κ1) is 12.0. The molecule has 0 bridgehead atoms. The van der Waals surface area contributed by atoms with Crippen molar-refractivity contribution in [2.45, 2.75) is 12.5 Å². The molecule has 17 heavy (non-hydrogen) atoms. The van der Waals surface area contributed by atoms with Crippen LogP contribution >= 0.6 is 11.3 Å². The quantitative estimate of drug-likeness (QED) is 0.905. The summed E-state index contributed by atoms with van der Waals surface area (Å²) in [6.07, 6.45) is 0.0335. The highest BCUT2D eigenvalue weighted by Gasteiger charge is 2.18. The molecule has 0 amide bonds. The third kappa shape index (κ3) is 2.78. The first-order valence-electron chi connectivity index (χ1n) is 5.23. The van der Waals surface area contributed by atoms with Gasteiger partial charge in [-0.2, -0.15) is 0 Å². The van der Waals surface area contributed by atoms with Crippen molar-refractivity contribution in [3.63, 3.8) is 0 Å². The standard InChI is InChI=1S/C13H12FNOS/c14-10-5-2-1-4-9(10)8-11(16)13(15)12-6-3-7-17-12/h1-7,13H,8,15H2. The molecule has 1 aromatic carbocycles. The van der Waals surface area contributed by atoms with Crippen LogP contribution in [0.3, 0.4) is 0 Å². The molecule has 4 heteroatoms. The van der Waals surface area contributed by atoms with E-state index in [1.54, 1.807) is 18.2 Å². The molecule has 0 aliphatic rings. The summed E-state index contributed by atoms with van der Waals surface area (Å²) in [6.45, 7) is 0. The SMILES string of the molecule is NC(C(=O)Cc1ccccc1F)c1cccs1. The topological polar surface area (TPSA) is 43.1 Å². The molecule has 2 nitrogen and oxygen atoms in total. The van der Waals surface area contributed by atoms with Crippen LogP contribution in [0.4, 0.5) is 4.39 Å². The van der Waals surface area contributed by atoms with Crippen LogP contribution in [0.2, 0.25) is 0 Å². The number of rotatable bonds is 4. The highest BCUT2D eigenvalue weighted by Crippen LogP contribution is 2.19. The van der Waals surface area contributed by atoms with Crippen LogP contribution < -0.4 is 5.73 Å². The second-order valence-corrected chi connectivity index (χ2v) is 4.71. The number of Topliss-reactive ketones (excluding diaryl/α,β-unsaturated/α-hetero) is 1. The lowest BCUT2D eigenvalue weighted by Crippen LogP contribution is -2.22. The smallest absolute Gasteiger partial charge is 0.159 e. The lowest BCUT2D eigenvalue weighted by molar-refractivity contribution is -0.119. The summed E-state index contributed by atoms with van der Waals surface area (Å²) in [5.41, 5.74) is 6.21. The van der Waals surface area contributed by atoms with Gasteiger partial charge in [-0.25, -0.2) is 4.39 Å². The monoisotopic (exact) mass is 249 g/mol. The van der Waals surface area contributed by atoms with Crippen LogP contribution in [-0.2, 0) is 11.2 Å². The van der Waals surface area contributed by atoms with Crippen molar-refractivity contribution in [2.75, 3.05) is 0 Å². The maximum Gasteiger partial charge on any atom is 0.159 e. The van der Waals surface area contributed by atoms with E-state index in [9.17, 15) is 9.18 Å². The van der Waals surface area contributed by atoms with Gasteiger partial charge in [0.25, 0.3) is 0 Å². The van der Waals surface area contributed by atoms with Gasteiger partial charge < -0.3 is 5.73 Å². The summed E-state index contributed by atoms with van der Waals surface area (Å²) in [6, 6.07) is 9.26. The van der Waals surface area contributed by atoms with Crippen molar-refractivity contribution < 1.29 is 9.18 Å². The predicted octanol–water partition coefficient (Wildman–Crippen LogP) is 2.70. The molecule has 2 aromatic rings. The Morgan fingerprint density at radius 2 is 2.06 bits per heavy atom. The van der Waals surface area contributed by atoms with E-state index in [1.165, 1.54) is 17.4 Å². The molecular weight excluding hydrogens is 237 g/mol. The molecule has 0 aliphatic carbocycles. The first-order valence-corrected chi connectivity index (χ1v) is 6.11. The van der Waals surface area contributed by atoms with Crippen molar-refractivity contribution in [1.82, 2.24) is 0 Å². The Morgan fingerprint density at radius 1 is 1.29 bits per heavy atom. The van der Waals surface area contributed by atoms with Crippen molar-refractivity contribution >= 4 is 17.1 Å². The van der Waals surface area contributed by atoms with Gasteiger partial charge >= 0.3 is 0 Å². The van der Waals surface area contributed by atoms with E-state index >= 15 is 0 Å². The minimum absolute atomic E-state index is 0.0335. The normalized spacial score (nSPS) is 12.4. The Labute approximate surface area is 103 Å². The lowest BCUT2D eigenvalue weighted by atomic mass is 10.0. The van der Waals surface area contributed by atoms with Gasteiger partial charge in [0.15, 0.2) is 5.78 Å². The summed E-state index contributed by atoms with van der Waals surface area (Å²) in [7, 11) is 0. The fourth-order valence-electron chi connectivity index (χ4n) is 1.57. The average molecular weight is 249 g/mol. The number of carbonyl (C=O) groups is 1. The lowest BCUT2D eigenvalue weighted by Gasteiger charge is -2.08. The first-order chi connectivity index (χ1) is 8.18. The molecule has 1 atom stereocenters. The summed E-state index contributed by atoms with van der Waals surface area (Å²) in [5.74, 6) is -0.531. The fourth-order valence-corrected chi connectivity index (χ4v) is 2.32. The largest absolute Gasteiger partial charge is 0.317 e. The number of nitrogens with two attached hydrogens (primary N) is 1. The van der Waals surface area contributed by atoms with Crippen LogP contribution in [0, 0.1) is 5.82 Å². The van der Waals surface area contributed by atoms with E-state index in [4.69, 9.17) is 5.73 Å². The van der Waals surface area contributed by atoms with Gasteiger partial charge in [0.1, 0.15) is 5.82 Å². The summed E-state index contributed by atoms with van der Waals surface area (Å²) in [5, 5.41) is 1.87. The van der Waals surface area contributed by atoms with E-state index in [0.717, 1.165) is 4.88 Å². The third-order valence-electron chi connectivity index (χ3n) is 2.52. The number of carbonyl (C=O) groups excluding carboxylic acids is 1. The molecular formula is C13H12FNOS. The molecule has 2 rings (SSSR count). The molecule has 0 radical (unpaired) electrons. The van der Waals surface area contributed by atoms with Crippen LogP contribution in [0.5, 0.6) is 0 Å². The Balaban J connectivity index is 2.10. The number of thiophene rings is 1. The second kappa shape index (κ2) is 5.21. The fraction of sp³-hybridized carbons (Fsp3) is 0.154. The summed E-state index contributed by atoms with van der Waals surface area (Å²) < 4.78 is 13.4. The Bertz CT molecular complexity index is 510. The van der Waals surface area contributed by atoms with E-state index in [2.05, 4.69) is 0 Å². The zero-order valence-corrected chi connectivity index (χ0v) is 9.91. The molecule has 1 aromatic heterocycles. The van der Waals surface area contributed by atoms with Crippen LogP contribution in [0.25, 0.3) is 0 Å². The number of benzene rings is 1. The van der Waals surface area contributed by atoms with Crippen LogP contribution in [0.1, 0.15) is 16.5 Å². The molecule has 0 saturated heterocycles. The Kier molecular flexibility index (Phi) is 3.66. The Morgan fingerprint density at radius 3 is 2.71 bits per heavy atom. The maximum atomic E-state index is 13.4. The number of hydrogen-bond donors (Lipinski definition) is 1. The van der Waals surface area contributed by atoms with Gasteiger partial charge in [-0.3, -0.25) is 4.79 Å². The van der Waals surface area contributed by atoms with Gasteiger partial charge in [0, 0.05) is 11.3 Å². The van der Waals surface area contributed by atoms with E-state index in [1.807, 2.05) is 17.5 Å². The molecule has 88 valence electrons. The van der Waals surface area contributed by atoms with Crippen molar-refractivity contribution in [2.24, 2.45) is 5.73 Å². The number of hydrogen-bond acceptors (Lipinski definition) is 3. The van der Waals surface area contributed by atoms with E-state index in [0.29, 0.717) is 5.56 Å². The minimum Gasteiger partial charge on any atom is -0.317 e. The van der Waals surface area contributed by atoms with E-state index < -0.39 is 6.04 Å². The molecule has 2 N–H and O–H groups in total. The number of halogens is 1. The molecule has 0 aliphatic heterocycles. The molecule has 1 heterocycles. The summed E-state index contributed by atoms with van der Waals surface area (Å²) in [4.78, 5) is 12.7. The van der Waals surface area contributed by atoms with Gasteiger partial charge in [0.2, 0.25) is 0 Å². The average Bonchev–Trinajstić information content (AvgIpc) is 2.84. The maximum absolute atomic E-state index is 13.4. The zero-order chi connectivity index (χ0) is 12.3. The molecule has 0 spiro atoms. The minimum atomic E-state index is -0.658. The second-order valence-electron chi connectivity index (χ2n) is 3.73.